The Hall–Kier alpha value is -2.32. The Labute approximate surface area is 151 Å². The average molecular weight is 352 g/mol. The summed E-state index contributed by atoms with van der Waals surface area (Å²) in [6.45, 7) is 1.19. The highest BCUT2D eigenvalue weighted by Gasteiger charge is 1.92. The van der Waals surface area contributed by atoms with Gasteiger partial charge in [0, 0.05) is 18.7 Å². The predicted molar refractivity (Wildman–Crippen MR) is 110 cm³/mol. The van der Waals surface area contributed by atoms with E-state index in [1.54, 1.807) is 12.1 Å². The summed E-state index contributed by atoms with van der Waals surface area (Å²) in [7, 11) is 0.777. The second-order valence-corrected chi connectivity index (χ2v) is 6.37. The third-order valence-electron chi connectivity index (χ3n) is 2.94. The molecule has 3 nitrogen and oxygen atoms in total. The number of benzene rings is 3. The lowest BCUT2D eigenvalue weighted by atomic mass is 10.2. The van der Waals surface area contributed by atoms with Crippen LogP contribution in [0.25, 0.3) is 0 Å². The van der Waals surface area contributed by atoms with Crippen LogP contribution in [0.2, 0.25) is 0 Å². The number of nitrogens with two attached hydrogens (primary N) is 2. The first-order valence-corrected chi connectivity index (χ1v) is 9.07. The summed E-state index contributed by atoms with van der Waals surface area (Å²) in [5.41, 5.74) is 10.5. The number of hydrogen-bond acceptors (Lipinski definition) is 3. The molecule has 3 rings (SSSR count). The normalized spacial score (nSPS) is 9.04. The molecular formula is C21H25N2OP. The van der Waals surface area contributed by atoms with E-state index in [-0.39, 0.29) is 0 Å². The number of carbonyl (C=O) groups excluding carboxylic acids is 1. The molecule has 4 N–H and O–H groups in total. The van der Waals surface area contributed by atoms with E-state index in [9.17, 15) is 4.79 Å². The number of rotatable bonds is 4. The number of aldehydes is 1. The first-order valence-electron chi connectivity index (χ1n) is 8.07. The number of hydrogen-bond donors (Lipinski definition) is 2. The summed E-state index contributed by atoms with van der Waals surface area (Å²) in [4.78, 5) is 10.0. The van der Waals surface area contributed by atoms with Gasteiger partial charge in [-0.1, -0.05) is 99.6 Å². The van der Waals surface area contributed by atoms with Gasteiger partial charge in [-0.3, -0.25) is 4.79 Å². The molecule has 0 saturated carbocycles. The summed E-state index contributed by atoms with van der Waals surface area (Å²) in [5, 5.41) is 2.79. The van der Waals surface area contributed by atoms with Crippen LogP contribution in [0.15, 0.2) is 91.0 Å². The highest BCUT2D eigenvalue weighted by Crippen LogP contribution is 2.08. The Kier molecular flexibility index (Phi) is 11.7. The summed E-state index contributed by atoms with van der Waals surface area (Å²) in [6.07, 6.45) is 0.833. The van der Waals surface area contributed by atoms with E-state index < -0.39 is 0 Å². The molecule has 3 aromatic carbocycles. The quantitative estimate of drug-likeness (QED) is 0.560. The SMILES string of the molecule is NCCN.O=Cc1ccccc1.c1ccc(Pc2ccccc2)cc1. The predicted octanol–water partition coefficient (Wildman–Crippen LogP) is 2.72. The smallest absolute Gasteiger partial charge is 0.150 e. The fourth-order valence-corrected chi connectivity index (χ4v) is 2.79. The van der Waals surface area contributed by atoms with Gasteiger partial charge < -0.3 is 11.5 Å². The van der Waals surface area contributed by atoms with Gasteiger partial charge in [0.2, 0.25) is 0 Å². The minimum atomic E-state index is 0.597. The van der Waals surface area contributed by atoms with Crippen molar-refractivity contribution in [3.63, 3.8) is 0 Å². The van der Waals surface area contributed by atoms with Gasteiger partial charge in [-0.15, -0.1) is 0 Å². The topological polar surface area (TPSA) is 69.1 Å². The van der Waals surface area contributed by atoms with Gasteiger partial charge in [-0.2, -0.15) is 0 Å². The molecule has 130 valence electrons. The molecule has 0 aliphatic rings. The molecule has 0 fully saturated rings. The van der Waals surface area contributed by atoms with Gasteiger partial charge in [0.25, 0.3) is 0 Å². The zero-order valence-electron chi connectivity index (χ0n) is 14.2. The van der Waals surface area contributed by atoms with Crippen LogP contribution in [0, 0.1) is 0 Å². The maximum absolute atomic E-state index is 10.0. The summed E-state index contributed by atoms with van der Waals surface area (Å²) < 4.78 is 0. The average Bonchev–Trinajstić information content (AvgIpc) is 2.71. The minimum absolute atomic E-state index is 0.597. The van der Waals surface area contributed by atoms with Crippen molar-refractivity contribution in [3.8, 4) is 0 Å². The van der Waals surface area contributed by atoms with Gasteiger partial charge in [0.05, 0.1) is 0 Å². The Morgan fingerprint density at radius 1 is 0.640 bits per heavy atom. The van der Waals surface area contributed by atoms with E-state index >= 15 is 0 Å². The molecule has 0 saturated heterocycles. The molecule has 0 radical (unpaired) electrons. The minimum Gasteiger partial charge on any atom is -0.329 e. The lowest BCUT2D eigenvalue weighted by molar-refractivity contribution is 0.112. The van der Waals surface area contributed by atoms with E-state index in [0.29, 0.717) is 13.1 Å². The zero-order valence-corrected chi connectivity index (χ0v) is 15.2. The molecule has 4 heteroatoms. The Morgan fingerprint density at radius 2 is 1.00 bits per heavy atom. The van der Waals surface area contributed by atoms with Gasteiger partial charge in [0.1, 0.15) is 6.29 Å². The third kappa shape index (κ3) is 10.2. The fraction of sp³-hybridized carbons (Fsp3) is 0.0952. The van der Waals surface area contributed by atoms with Gasteiger partial charge in [0.15, 0.2) is 0 Å². The van der Waals surface area contributed by atoms with Gasteiger partial charge in [-0.25, -0.2) is 0 Å². The first kappa shape index (κ1) is 20.7. The van der Waals surface area contributed by atoms with E-state index in [1.165, 1.54) is 10.6 Å². The van der Waals surface area contributed by atoms with E-state index in [0.717, 1.165) is 20.4 Å². The molecule has 25 heavy (non-hydrogen) atoms. The largest absolute Gasteiger partial charge is 0.329 e. The van der Waals surface area contributed by atoms with Crippen LogP contribution in [0.3, 0.4) is 0 Å². The Balaban J connectivity index is 0.000000223. The van der Waals surface area contributed by atoms with Gasteiger partial charge >= 0.3 is 0 Å². The molecule has 0 atom stereocenters. The summed E-state index contributed by atoms with van der Waals surface area (Å²) in [5.74, 6) is 0. The molecule has 0 aliphatic heterocycles. The van der Waals surface area contributed by atoms with Crippen LogP contribution >= 0.6 is 8.58 Å². The first-order chi connectivity index (χ1) is 12.3. The van der Waals surface area contributed by atoms with Crippen LogP contribution in [-0.2, 0) is 0 Å². The zero-order chi connectivity index (χ0) is 18.2. The van der Waals surface area contributed by atoms with E-state index in [1.807, 2.05) is 18.2 Å². The third-order valence-corrected chi connectivity index (χ3v) is 4.18. The fourth-order valence-electron chi connectivity index (χ4n) is 1.74. The molecule has 0 amide bonds. The highest BCUT2D eigenvalue weighted by molar-refractivity contribution is 7.55. The summed E-state index contributed by atoms with van der Waals surface area (Å²) in [6, 6.07) is 30.2. The standard InChI is InChI=1S/C12H11P.C7H6O.C2H8N2/c1-3-7-11(8-4-1)13-12-9-5-2-6-10-12;8-6-7-4-2-1-3-5-7;3-1-2-4/h1-10,13H;1-6H;1-4H2. The van der Waals surface area contributed by atoms with Crippen LogP contribution in [0.1, 0.15) is 10.4 Å². The monoisotopic (exact) mass is 352 g/mol. The van der Waals surface area contributed by atoms with Crippen molar-refractivity contribution < 1.29 is 4.79 Å². The molecule has 0 aliphatic carbocycles. The van der Waals surface area contributed by atoms with Crippen molar-refractivity contribution in [1.82, 2.24) is 0 Å². The molecule has 0 bridgehead atoms. The van der Waals surface area contributed by atoms with E-state index in [2.05, 4.69) is 60.7 Å². The maximum Gasteiger partial charge on any atom is 0.150 e. The van der Waals surface area contributed by atoms with Crippen molar-refractivity contribution in [2.45, 2.75) is 0 Å². The second-order valence-electron chi connectivity index (χ2n) is 4.96. The molecule has 0 aromatic heterocycles. The van der Waals surface area contributed by atoms with Crippen LogP contribution in [0.5, 0.6) is 0 Å². The Morgan fingerprint density at radius 3 is 1.28 bits per heavy atom. The lowest BCUT2D eigenvalue weighted by Crippen LogP contribution is -2.11. The Bertz CT molecular complexity index is 637. The van der Waals surface area contributed by atoms with Crippen molar-refractivity contribution >= 4 is 25.5 Å². The van der Waals surface area contributed by atoms with Crippen LogP contribution in [-0.4, -0.2) is 19.4 Å². The van der Waals surface area contributed by atoms with Crippen LogP contribution in [0.4, 0.5) is 0 Å². The van der Waals surface area contributed by atoms with E-state index in [4.69, 9.17) is 11.5 Å². The molecular weight excluding hydrogens is 327 g/mol. The second kappa shape index (κ2) is 14.1. The van der Waals surface area contributed by atoms with Gasteiger partial charge in [-0.05, 0) is 10.6 Å². The van der Waals surface area contributed by atoms with Crippen molar-refractivity contribution in [2.75, 3.05) is 13.1 Å². The van der Waals surface area contributed by atoms with Crippen molar-refractivity contribution in [1.29, 1.82) is 0 Å². The molecule has 0 heterocycles. The van der Waals surface area contributed by atoms with Crippen molar-refractivity contribution in [3.05, 3.63) is 96.6 Å². The van der Waals surface area contributed by atoms with Crippen LogP contribution < -0.4 is 22.1 Å². The molecule has 0 spiro atoms. The molecule has 0 unspecified atom stereocenters. The maximum atomic E-state index is 10.0. The molecule has 3 aromatic rings. The highest BCUT2D eigenvalue weighted by atomic mass is 31.1. The number of carbonyl (C=O) groups is 1. The van der Waals surface area contributed by atoms with Crippen molar-refractivity contribution in [2.24, 2.45) is 11.5 Å². The summed E-state index contributed by atoms with van der Waals surface area (Å²) >= 11 is 0. The lowest BCUT2D eigenvalue weighted by Gasteiger charge is -2.00.